The van der Waals surface area contributed by atoms with Gasteiger partial charge in [0.25, 0.3) is 0 Å². The molecule has 0 heterocycles. The molecule has 0 saturated heterocycles. The van der Waals surface area contributed by atoms with E-state index in [2.05, 4.69) is 5.16 Å². The molecular formula is C11H14ClN3O4. The Morgan fingerprint density at radius 3 is 2.89 bits per heavy atom. The first-order valence-corrected chi connectivity index (χ1v) is 5.96. The van der Waals surface area contributed by atoms with Crippen molar-refractivity contribution in [1.29, 1.82) is 0 Å². The number of nitrogens with zero attached hydrogens (tertiary/aromatic N) is 2. The molecular weight excluding hydrogens is 274 g/mol. The number of oxime groups is 1. The second-order valence-electron chi connectivity index (χ2n) is 3.74. The van der Waals surface area contributed by atoms with Gasteiger partial charge in [-0.05, 0) is 18.9 Å². The van der Waals surface area contributed by atoms with Crippen molar-refractivity contribution in [1.82, 2.24) is 0 Å². The Hall–Kier alpha value is -2.02. The van der Waals surface area contributed by atoms with E-state index in [9.17, 15) is 10.1 Å². The van der Waals surface area contributed by atoms with Gasteiger partial charge in [0.1, 0.15) is 5.84 Å². The van der Waals surface area contributed by atoms with Crippen LogP contribution in [0, 0.1) is 10.1 Å². The van der Waals surface area contributed by atoms with Gasteiger partial charge in [0.05, 0.1) is 16.6 Å². The predicted octanol–water partition coefficient (Wildman–Crippen LogP) is 2.54. The van der Waals surface area contributed by atoms with Crippen LogP contribution in [0.5, 0.6) is 5.75 Å². The average molecular weight is 288 g/mol. The summed E-state index contributed by atoms with van der Waals surface area (Å²) in [5.74, 6) is 0.210. The Morgan fingerprint density at radius 2 is 2.26 bits per heavy atom. The van der Waals surface area contributed by atoms with Crippen molar-refractivity contribution >= 4 is 23.1 Å². The molecule has 0 spiro atoms. The third-order valence-electron chi connectivity index (χ3n) is 2.34. The maximum absolute atomic E-state index is 10.8. The van der Waals surface area contributed by atoms with Crippen molar-refractivity contribution in [2.45, 2.75) is 19.3 Å². The van der Waals surface area contributed by atoms with Crippen LogP contribution in [0.2, 0.25) is 5.02 Å². The van der Waals surface area contributed by atoms with E-state index in [0.29, 0.717) is 19.3 Å². The number of amidine groups is 1. The summed E-state index contributed by atoms with van der Waals surface area (Å²) in [5.41, 5.74) is 5.14. The highest BCUT2D eigenvalue weighted by Crippen LogP contribution is 2.34. The van der Waals surface area contributed by atoms with Gasteiger partial charge < -0.3 is 15.7 Å². The summed E-state index contributed by atoms with van der Waals surface area (Å²) in [7, 11) is 0. The van der Waals surface area contributed by atoms with Gasteiger partial charge in [-0.3, -0.25) is 10.1 Å². The smallest absolute Gasteiger partial charge is 0.312 e. The van der Waals surface area contributed by atoms with Crippen molar-refractivity contribution in [2.75, 3.05) is 6.61 Å². The van der Waals surface area contributed by atoms with E-state index in [-0.39, 0.29) is 28.9 Å². The number of nitrogens with two attached hydrogens (primary N) is 1. The molecule has 0 aliphatic heterocycles. The maximum atomic E-state index is 10.8. The lowest BCUT2D eigenvalue weighted by Gasteiger charge is -2.08. The van der Waals surface area contributed by atoms with Crippen LogP contribution >= 0.6 is 11.6 Å². The van der Waals surface area contributed by atoms with Crippen LogP contribution in [0.4, 0.5) is 5.69 Å². The molecule has 0 unspecified atom stereocenters. The van der Waals surface area contributed by atoms with Crippen LogP contribution in [0.25, 0.3) is 0 Å². The zero-order chi connectivity index (χ0) is 14.3. The average Bonchev–Trinajstić information content (AvgIpc) is 2.39. The van der Waals surface area contributed by atoms with Gasteiger partial charge in [0, 0.05) is 12.5 Å². The van der Waals surface area contributed by atoms with E-state index >= 15 is 0 Å². The lowest BCUT2D eigenvalue weighted by Crippen LogP contribution is -2.11. The minimum Gasteiger partial charge on any atom is -0.486 e. The molecule has 3 N–H and O–H groups in total. The molecule has 1 rings (SSSR count). The van der Waals surface area contributed by atoms with E-state index in [4.69, 9.17) is 27.3 Å². The minimum atomic E-state index is -0.544. The number of nitro groups is 1. The van der Waals surface area contributed by atoms with E-state index in [0.717, 1.165) is 0 Å². The number of para-hydroxylation sites is 1. The molecule has 0 bridgehead atoms. The molecule has 0 aromatic heterocycles. The largest absolute Gasteiger partial charge is 0.486 e. The Labute approximate surface area is 114 Å². The van der Waals surface area contributed by atoms with Crippen LogP contribution < -0.4 is 10.5 Å². The molecule has 0 fully saturated rings. The summed E-state index contributed by atoms with van der Waals surface area (Å²) in [6, 6.07) is 4.35. The standard InChI is InChI=1S/C11H14ClN3O4/c12-8-4-3-5-9(15(17)18)11(8)19-7-2-1-6-10(13)14-16/h3-5,16H,1-2,6-7H2,(H2,13,14). The summed E-state index contributed by atoms with van der Waals surface area (Å²) in [4.78, 5) is 10.3. The number of benzene rings is 1. The third kappa shape index (κ3) is 4.63. The van der Waals surface area contributed by atoms with Gasteiger partial charge >= 0.3 is 5.69 Å². The number of ether oxygens (including phenoxy) is 1. The molecule has 0 saturated carbocycles. The summed E-state index contributed by atoms with van der Waals surface area (Å²) < 4.78 is 5.33. The summed E-state index contributed by atoms with van der Waals surface area (Å²) in [5, 5.41) is 22.2. The highest BCUT2D eigenvalue weighted by atomic mass is 35.5. The van der Waals surface area contributed by atoms with Gasteiger partial charge in [-0.2, -0.15) is 0 Å². The number of rotatable bonds is 7. The molecule has 0 aliphatic carbocycles. The van der Waals surface area contributed by atoms with Gasteiger partial charge in [-0.1, -0.05) is 22.8 Å². The first kappa shape index (κ1) is 15.0. The number of halogens is 1. The van der Waals surface area contributed by atoms with Crippen molar-refractivity contribution in [3.63, 3.8) is 0 Å². The molecule has 1 aromatic carbocycles. The van der Waals surface area contributed by atoms with E-state index in [1.807, 2.05) is 0 Å². The third-order valence-corrected chi connectivity index (χ3v) is 2.64. The topological polar surface area (TPSA) is 111 Å². The second-order valence-corrected chi connectivity index (χ2v) is 4.15. The molecule has 0 radical (unpaired) electrons. The van der Waals surface area contributed by atoms with Crippen LogP contribution in [-0.2, 0) is 0 Å². The number of hydrogen-bond donors (Lipinski definition) is 2. The zero-order valence-electron chi connectivity index (χ0n) is 10.1. The molecule has 104 valence electrons. The highest BCUT2D eigenvalue weighted by Gasteiger charge is 2.17. The molecule has 19 heavy (non-hydrogen) atoms. The lowest BCUT2D eigenvalue weighted by atomic mass is 10.2. The fraction of sp³-hybridized carbons (Fsp3) is 0.364. The van der Waals surface area contributed by atoms with E-state index < -0.39 is 4.92 Å². The summed E-state index contributed by atoms with van der Waals surface area (Å²) in [6.45, 7) is 0.267. The Kier molecular flexibility index (Phi) is 5.87. The molecule has 8 heteroatoms. The molecule has 0 amide bonds. The molecule has 0 aliphatic rings. The molecule has 1 aromatic rings. The first-order chi connectivity index (χ1) is 9.06. The van der Waals surface area contributed by atoms with Gasteiger partial charge in [-0.25, -0.2) is 0 Å². The van der Waals surface area contributed by atoms with E-state index in [1.165, 1.54) is 18.2 Å². The van der Waals surface area contributed by atoms with Crippen molar-refractivity contribution in [2.24, 2.45) is 10.9 Å². The Bertz CT molecular complexity index is 479. The fourth-order valence-electron chi connectivity index (χ4n) is 1.42. The van der Waals surface area contributed by atoms with Crippen LogP contribution in [0.1, 0.15) is 19.3 Å². The number of hydrogen-bond acceptors (Lipinski definition) is 5. The van der Waals surface area contributed by atoms with Gasteiger partial charge in [0.15, 0.2) is 0 Å². The van der Waals surface area contributed by atoms with Crippen LogP contribution in [-0.4, -0.2) is 22.6 Å². The molecule has 7 nitrogen and oxygen atoms in total. The molecule has 0 atom stereocenters. The van der Waals surface area contributed by atoms with Gasteiger partial charge in [-0.15, -0.1) is 0 Å². The SMILES string of the molecule is N/C(CCCCOc1c(Cl)cccc1[N+](=O)[O-])=N/O. The van der Waals surface area contributed by atoms with Crippen LogP contribution in [0.15, 0.2) is 23.4 Å². The Balaban J connectivity index is 2.51. The van der Waals surface area contributed by atoms with Crippen molar-refractivity contribution < 1.29 is 14.9 Å². The van der Waals surface area contributed by atoms with Crippen LogP contribution in [0.3, 0.4) is 0 Å². The minimum absolute atomic E-state index is 0.0676. The summed E-state index contributed by atoms with van der Waals surface area (Å²) in [6.07, 6.45) is 1.69. The predicted molar refractivity (Wildman–Crippen MR) is 70.9 cm³/mol. The van der Waals surface area contributed by atoms with Crippen molar-refractivity contribution in [3.8, 4) is 5.75 Å². The number of nitro benzene ring substituents is 1. The van der Waals surface area contributed by atoms with E-state index in [1.54, 1.807) is 0 Å². The van der Waals surface area contributed by atoms with Crippen molar-refractivity contribution in [3.05, 3.63) is 33.3 Å². The number of unbranched alkanes of at least 4 members (excludes halogenated alkanes) is 1. The monoisotopic (exact) mass is 287 g/mol. The first-order valence-electron chi connectivity index (χ1n) is 5.58. The maximum Gasteiger partial charge on any atom is 0.312 e. The normalized spacial score (nSPS) is 11.3. The highest BCUT2D eigenvalue weighted by molar-refractivity contribution is 6.32. The summed E-state index contributed by atoms with van der Waals surface area (Å²) >= 11 is 5.86. The van der Waals surface area contributed by atoms with Gasteiger partial charge in [0.2, 0.25) is 5.75 Å². The zero-order valence-corrected chi connectivity index (χ0v) is 10.8. The second kappa shape index (κ2) is 7.42. The lowest BCUT2D eigenvalue weighted by molar-refractivity contribution is -0.385. The Morgan fingerprint density at radius 1 is 1.53 bits per heavy atom. The fourth-order valence-corrected chi connectivity index (χ4v) is 1.64. The quantitative estimate of drug-likeness (QED) is 0.200.